The van der Waals surface area contributed by atoms with Crippen LogP contribution in [0.3, 0.4) is 0 Å². The second kappa shape index (κ2) is 4.86. The number of rotatable bonds is 1. The number of hydrogen-bond acceptors (Lipinski definition) is 3. The fourth-order valence-electron chi connectivity index (χ4n) is 2.87. The Morgan fingerprint density at radius 2 is 1.88 bits per heavy atom. The van der Waals surface area contributed by atoms with Gasteiger partial charge in [-0.1, -0.05) is 26.7 Å². The zero-order chi connectivity index (χ0) is 12.5. The highest BCUT2D eigenvalue weighted by atomic mass is 32.2. The molecule has 0 aromatic heterocycles. The maximum Gasteiger partial charge on any atom is 0.215 e. The van der Waals surface area contributed by atoms with E-state index in [9.17, 15) is 8.42 Å². The van der Waals surface area contributed by atoms with Gasteiger partial charge in [0.1, 0.15) is 0 Å². The summed E-state index contributed by atoms with van der Waals surface area (Å²) in [4.78, 5) is 0. The molecule has 2 aliphatic rings. The topological polar surface area (TPSA) is 49.4 Å². The fraction of sp³-hybridized carbons (Fsp3) is 1.00. The first-order valence-electron chi connectivity index (χ1n) is 6.61. The predicted molar refractivity (Wildman–Crippen MR) is 69.4 cm³/mol. The molecule has 1 heterocycles. The highest BCUT2D eigenvalue weighted by Gasteiger charge is 2.37. The molecule has 0 spiro atoms. The fourth-order valence-corrected chi connectivity index (χ4v) is 4.72. The van der Waals surface area contributed by atoms with Gasteiger partial charge >= 0.3 is 0 Å². The van der Waals surface area contributed by atoms with Gasteiger partial charge in [0.2, 0.25) is 10.0 Å². The second-order valence-electron chi connectivity index (χ2n) is 6.14. The first-order chi connectivity index (χ1) is 7.91. The van der Waals surface area contributed by atoms with Gasteiger partial charge in [-0.05, 0) is 18.3 Å². The van der Waals surface area contributed by atoms with Gasteiger partial charge in [-0.15, -0.1) is 0 Å². The van der Waals surface area contributed by atoms with Crippen molar-refractivity contribution in [1.82, 2.24) is 9.62 Å². The zero-order valence-corrected chi connectivity index (χ0v) is 11.7. The van der Waals surface area contributed by atoms with Gasteiger partial charge in [-0.25, -0.2) is 8.42 Å². The molecule has 1 aliphatic heterocycles. The number of hydrogen-bond donors (Lipinski definition) is 1. The smallest absolute Gasteiger partial charge is 0.215 e. The number of nitrogens with zero attached hydrogens (tertiary/aromatic N) is 1. The van der Waals surface area contributed by atoms with E-state index in [4.69, 9.17) is 0 Å². The summed E-state index contributed by atoms with van der Waals surface area (Å²) in [5.74, 6) is 0.250. The minimum absolute atomic E-state index is 0.0239. The van der Waals surface area contributed by atoms with Crippen LogP contribution in [0.15, 0.2) is 0 Å². The summed E-state index contributed by atoms with van der Waals surface area (Å²) in [6, 6.07) is 0.261. The lowest BCUT2D eigenvalue weighted by molar-refractivity contribution is 0.207. The molecule has 1 saturated heterocycles. The largest absolute Gasteiger partial charge is 0.315 e. The van der Waals surface area contributed by atoms with Crippen LogP contribution in [0.1, 0.15) is 39.5 Å². The van der Waals surface area contributed by atoms with Crippen LogP contribution in [-0.4, -0.2) is 44.2 Å². The molecule has 1 N–H and O–H groups in total. The molecule has 17 heavy (non-hydrogen) atoms. The average molecular weight is 260 g/mol. The van der Waals surface area contributed by atoms with Crippen LogP contribution in [0, 0.1) is 5.41 Å². The monoisotopic (exact) mass is 260 g/mol. The summed E-state index contributed by atoms with van der Waals surface area (Å²) in [6.45, 7) is 6.42. The van der Waals surface area contributed by atoms with Gasteiger partial charge in [0, 0.05) is 25.7 Å². The Bertz CT molecular complexity index is 359. The van der Waals surface area contributed by atoms with Crippen LogP contribution in [-0.2, 0) is 10.0 Å². The van der Waals surface area contributed by atoms with Crippen LogP contribution >= 0.6 is 0 Å². The molecule has 0 bridgehead atoms. The Balaban J connectivity index is 2.21. The summed E-state index contributed by atoms with van der Waals surface area (Å²) in [5.41, 5.74) is 0.0239. The van der Waals surface area contributed by atoms with Crippen LogP contribution in [0.25, 0.3) is 0 Å². The highest BCUT2D eigenvalue weighted by Crippen LogP contribution is 2.30. The van der Waals surface area contributed by atoms with E-state index >= 15 is 0 Å². The van der Waals surface area contributed by atoms with E-state index in [1.54, 1.807) is 4.31 Å². The van der Waals surface area contributed by atoms with Crippen molar-refractivity contribution >= 4 is 10.0 Å². The Morgan fingerprint density at radius 1 is 1.24 bits per heavy atom. The summed E-state index contributed by atoms with van der Waals surface area (Å²) in [6.07, 6.45) is 4.44. The van der Waals surface area contributed by atoms with Gasteiger partial charge in [-0.2, -0.15) is 4.31 Å². The molecule has 5 heteroatoms. The minimum Gasteiger partial charge on any atom is -0.315 e. The van der Waals surface area contributed by atoms with Crippen molar-refractivity contribution in [2.24, 2.45) is 5.41 Å². The lowest BCUT2D eigenvalue weighted by Gasteiger charge is -2.37. The molecule has 0 amide bonds. The lowest BCUT2D eigenvalue weighted by Crippen LogP contribution is -2.51. The molecule has 0 aromatic carbocycles. The molecule has 1 saturated carbocycles. The SMILES string of the molecule is CC1(C)CNCCS(=O)(=O)N(C2CCCC2)C1. The van der Waals surface area contributed by atoms with Gasteiger partial charge < -0.3 is 5.32 Å². The van der Waals surface area contributed by atoms with Crippen molar-refractivity contribution in [3.8, 4) is 0 Å². The van der Waals surface area contributed by atoms with Gasteiger partial charge in [-0.3, -0.25) is 0 Å². The molecule has 0 aromatic rings. The summed E-state index contributed by atoms with van der Waals surface area (Å²) >= 11 is 0. The molecule has 0 radical (unpaired) electrons. The second-order valence-corrected chi connectivity index (χ2v) is 8.18. The maximum atomic E-state index is 12.3. The van der Waals surface area contributed by atoms with Gasteiger partial charge in [0.05, 0.1) is 5.75 Å². The van der Waals surface area contributed by atoms with E-state index in [-0.39, 0.29) is 17.2 Å². The Kier molecular flexibility index (Phi) is 3.80. The molecule has 4 nitrogen and oxygen atoms in total. The third kappa shape index (κ3) is 3.20. The molecular weight excluding hydrogens is 236 g/mol. The van der Waals surface area contributed by atoms with E-state index in [0.29, 0.717) is 13.1 Å². The molecule has 100 valence electrons. The van der Waals surface area contributed by atoms with Crippen molar-refractivity contribution in [3.63, 3.8) is 0 Å². The van der Waals surface area contributed by atoms with Crippen molar-refractivity contribution < 1.29 is 8.42 Å². The first kappa shape index (κ1) is 13.3. The molecule has 1 aliphatic carbocycles. The van der Waals surface area contributed by atoms with Gasteiger partial charge in [0.15, 0.2) is 0 Å². The summed E-state index contributed by atoms with van der Waals surface area (Å²) in [7, 11) is -3.07. The van der Waals surface area contributed by atoms with Crippen molar-refractivity contribution in [1.29, 1.82) is 0 Å². The van der Waals surface area contributed by atoms with E-state index in [1.165, 1.54) is 12.8 Å². The highest BCUT2D eigenvalue weighted by molar-refractivity contribution is 7.89. The van der Waals surface area contributed by atoms with E-state index in [0.717, 1.165) is 19.4 Å². The van der Waals surface area contributed by atoms with E-state index < -0.39 is 10.0 Å². The quantitative estimate of drug-likeness (QED) is 0.770. The Morgan fingerprint density at radius 3 is 2.53 bits per heavy atom. The number of sulfonamides is 1. The normalized spacial score (nSPS) is 30.9. The van der Waals surface area contributed by atoms with Crippen molar-refractivity contribution in [2.75, 3.05) is 25.4 Å². The molecule has 0 unspecified atom stereocenters. The Labute approximate surface area is 105 Å². The maximum absolute atomic E-state index is 12.3. The van der Waals surface area contributed by atoms with Crippen molar-refractivity contribution in [3.05, 3.63) is 0 Å². The zero-order valence-electron chi connectivity index (χ0n) is 10.9. The average Bonchev–Trinajstić information content (AvgIpc) is 2.73. The van der Waals surface area contributed by atoms with Crippen molar-refractivity contribution in [2.45, 2.75) is 45.6 Å². The van der Waals surface area contributed by atoms with Crippen LogP contribution in [0.2, 0.25) is 0 Å². The van der Waals surface area contributed by atoms with Gasteiger partial charge in [0.25, 0.3) is 0 Å². The van der Waals surface area contributed by atoms with Crippen LogP contribution in [0.5, 0.6) is 0 Å². The molecular formula is C12H24N2O2S. The lowest BCUT2D eigenvalue weighted by atomic mass is 9.93. The van der Waals surface area contributed by atoms with E-state index in [1.807, 2.05) is 0 Å². The molecule has 2 rings (SSSR count). The summed E-state index contributed by atoms with van der Waals surface area (Å²) < 4.78 is 26.4. The van der Waals surface area contributed by atoms with Crippen LogP contribution in [0.4, 0.5) is 0 Å². The molecule has 2 fully saturated rings. The third-order valence-corrected chi connectivity index (χ3v) is 5.68. The molecule has 0 atom stereocenters. The van der Waals surface area contributed by atoms with Crippen LogP contribution < -0.4 is 5.32 Å². The minimum atomic E-state index is -3.07. The number of nitrogens with one attached hydrogen (secondary N) is 1. The van der Waals surface area contributed by atoms with E-state index in [2.05, 4.69) is 19.2 Å². The summed E-state index contributed by atoms with van der Waals surface area (Å²) in [5, 5.41) is 3.24. The Hall–Kier alpha value is -0.130. The predicted octanol–water partition coefficient (Wildman–Crippen LogP) is 1.19. The first-order valence-corrected chi connectivity index (χ1v) is 8.22. The third-order valence-electron chi connectivity index (χ3n) is 3.81. The standard InChI is InChI=1S/C12H24N2O2S/c1-12(2)9-13-7-8-17(15,16)14(10-12)11-5-3-4-6-11/h11,13H,3-10H2,1-2H3.